The van der Waals surface area contributed by atoms with Gasteiger partial charge in [-0.1, -0.05) is 31.2 Å². The number of urea groups is 1. The highest BCUT2D eigenvalue weighted by atomic mass is 19.4. The molecule has 6 rings (SSSR count). The second kappa shape index (κ2) is 16.9. The Morgan fingerprint density at radius 2 is 1.65 bits per heavy atom. The Hall–Kier alpha value is -5.59. The third-order valence-electron chi connectivity index (χ3n) is 10.8. The highest BCUT2D eigenvalue weighted by Crippen LogP contribution is 2.40. The average molecular weight is 787 g/mol. The monoisotopic (exact) mass is 786 g/mol. The Labute approximate surface area is 329 Å². The van der Waals surface area contributed by atoms with Gasteiger partial charge in [-0.05, 0) is 86.2 Å². The van der Waals surface area contributed by atoms with Gasteiger partial charge < -0.3 is 4.74 Å². The van der Waals surface area contributed by atoms with Gasteiger partial charge in [0.15, 0.2) is 5.78 Å². The number of aryl methyl sites for hydroxylation is 1. The predicted molar refractivity (Wildman–Crippen MR) is 205 cm³/mol. The van der Waals surface area contributed by atoms with E-state index in [0.29, 0.717) is 74.2 Å². The van der Waals surface area contributed by atoms with Crippen molar-refractivity contribution in [1.82, 2.24) is 15.1 Å². The van der Waals surface area contributed by atoms with Gasteiger partial charge in [-0.25, -0.2) is 9.69 Å². The van der Waals surface area contributed by atoms with E-state index in [4.69, 9.17) is 4.74 Å². The third kappa shape index (κ3) is 9.19. The lowest BCUT2D eigenvalue weighted by atomic mass is 9.90. The second-order valence-electron chi connectivity index (χ2n) is 15.2. The minimum absolute atomic E-state index is 0.112. The minimum Gasteiger partial charge on any atom is -0.492 e. The summed E-state index contributed by atoms with van der Waals surface area (Å²) in [4.78, 5) is 70.3. The van der Waals surface area contributed by atoms with Gasteiger partial charge in [-0.15, -0.1) is 0 Å². The standard InChI is InChI=1S/C42H45F3N6O6/c1-4-29-23-33(51-40(56)50(39(55)41(51,2)3)32-10-8-31(25-46)35(24-32)42(43,44)45)11-12-36(29)57-19-18-48-14-16-49(17-15-48)26-34(52)22-28-7-5-6-27(20-28)21-30-9-13-37(53)47-38(30)54/h5-8,10-12,20,23-24,30H,4,9,13-19,21-22,26H2,1-3H3,(H,47,53,54). The molecule has 3 aromatic carbocycles. The van der Waals surface area contributed by atoms with Crippen LogP contribution in [-0.2, 0) is 44.6 Å². The molecule has 300 valence electrons. The van der Waals surface area contributed by atoms with Crippen molar-refractivity contribution in [3.05, 3.63) is 88.5 Å². The van der Waals surface area contributed by atoms with E-state index in [1.165, 1.54) is 24.8 Å². The van der Waals surface area contributed by atoms with Crippen molar-refractivity contribution in [1.29, 1.82) is 5.26 Å². The first-order valence-corrected chi connectivity index (χ1v) is 19.0. The van der Waals surface area contributed by atoms with E-state index in [0.717, 1.165) is 55.0 Å². The van der Waals surface area contributed by atoms with Crippen molar-refractivity contribution in [2.45, 2.75) is 64.6 Å². The van der Waals surface area contributed by atoms with Crippen LogP contribution in [-0.4, -0.2) is 90.8 Å². The van der Waals surface area contributed by atoms with Crippen LogP contribution in [0.5, 0.6) is 5.75 Å². The maximum Gasteiger partial charge on any atom is 0.417 e. The molecule has 1 N–H and O–H groups in total. The number of rotatable bonds is 13. The summed E-state index contributed by atoms with van der Waals surface area (Å²) in [6.07, 6.45) is -2.63. The zero-order chi connectivity index (χ0) is 41.1. The molecule has 3 fully saturated rings. The molecule has 5 amide bonds. The van der Waals surface area contributed by atoms with Crippen LogP contribution in [0, 0.1) is 17.2 Å². The van der Waals surface area contributed by atoms with Gasteiger partial charge in [0, 0.05) is 57.2 Å². The summed E-state index contributed by atoms with van der Waals surface area (Å²) in [7, 11) is 0. The Bertz CT molecular complexity index is 2110. The Morgan fingerprint density at radius 3 is 2.33 bits per heavy atom. The SMILES string of the molecule is CCc1cc(N2C(=O)N(c3ccc(C#N)c(C(F)(F)F)c3)C(=O)C2(C)C)ccc1OCCN1CCN(CC(=O)Cc2cccc(CC3CCC(=O)NC3=O)c2)CC1. The number of imide groups is 2. The molecule has 3 saturated heterocycles. The topological polar surface area (TPSA) is 143 Å². The summed E-state index contributed by atoms with van der Waals surface area (Å²) >= 11 is 0. The second-order valence-corrected chi connectivity index (χ2v) is 15.2. The summed E-state index contributed by atoms with van der Waals surface area (Å²) in [5, 5.41) is 11.6. The fourth-order valence-electron chi connectivity index (χ4n) is 7.65. The molecule has 12 nitrogen and oxygen atoms in total. The lowest BCUT2D eigenvalue weighted by Crippen LogP contribution is -2.48. The van der Waals surface area contributed by atoms with Gasteiger partial charge in [0.05, 0.1) is 29.4 Å². The number of nitrogens with one attached hydrogen (secondary N) is 1. The van der Waals surface area contributed by atoms with Gasteiger partial charge in [-0.3, -0.25) is 39.2 Å². The van der Waals surface area contributed by atoms with E-state index >= 15 is 0 Å². The number of carbonyl (C=O) groups excluding carboxylic acids is 5. The molecule has 0 aliphatic carbocycles. The maximum atomic E-state index is 13.7. The Morgan fingerprint density at radius 1 is 0.947 bits per heavy atom. The molecule has 15 heteroatoms. The Kier molecular flexibility index (Phi) is 12.2. The number of piperidine rings is 1. The molecular weight excluding hydrogens is 741 g/mol. The zero-order valence-electron chi connectivity index (χ0n) is 32.2. The molecule has 57 heavy (non-hydrogen) atoms. The lowest BCUT2D eigenvalue weighted by Gasteiger charge is -2.34. The van der Waals surface area contributed by atoms with Gasteiger partial charge in [-0.2, -0.15) is 18.4 Å². The number of hydrogen-bond donors (Lipinski definition) is 1. The molecule has 0 saturated carbocycles. The van der Waals surface area contributed by atoms with Crippen molar-refractivity contribution < 1.29 is 41.9 Å². The molecule has 0 aromatic heterocycles. The molecule has 0 bridgehead atoms. The summed E-state index contributed by atoms with van der Waals surface area (Å²) in [5.41, 5.74) is -0.501. The van der Waals surface area contributed by atoms with E-state index < -0.39 is 34.8 Å². The van der Waals surface area contributed by atoms with Crippen LogP contribution in [0.3, 0.4) is 0 Å². The molecule has 3 aliphatic heterocycles. The first kappa shape index (κ1) is 41.1. The number of halogens is 3. The number of amides is 5. The van der Waals surface area contributed by atoms with Gasteiger partial charge >= 0.3 is 12.2 Å². The van der Waals surface area contributed by atoms with Crippen LogP contribution in [0.4, 0.5) is 29.3 Å². The van der Waals surface area contributed by atoms with Crippen LogP contribution >= 0.6 is 0 Å². The first-order chi connectivity index (χ1) is 27.1. The van der Waals surface area contributed by atoms with Crippen LogP contribution in [0.1, 0.15) is 61.4 Å². The van der Waals surface area contributed by atoms with E-state index in [1.54, 1.807) is 18.2 Å². The highest BCUT2D eigenvalue weighted by Gasteiger charge is 2.53. The average Bonchev–Trinajstić information content (AvgIpc) is 3.34. The lowest BCUT2D eigenvalue weighted by molar-refractivity contribution is -0.138. The number of hydrogen-bond acceptors (Lipinski definition) is 9. The highest BCUT2D eigenvalue weighted by molar-refractivity contribution is 6.30. The minimum atomic E-state index is -4.86. The fraction of sp³-hybridized carbons (Fsp3) is 0.429. The van der Waals surface area contributed by atoms with E-state index in [1.807, 2.05) is 31.2 Å². The number of benzene rings is 3. The summed E-state index contributed by atoms with van der Waals surface area (Å²) < 4.78 is 47.3. The summed E-state index contributed by atoms with van der Waals surface area (Å²) in [6, 6.07) is 16.3. The number of carbonyl (C=O) groups is 5. The van der Waals surface area contributed by atoms with Crippen molar-refractivity contribution >= 4 is 40.9 Å². The molecule has 0 spiro atoms. The van der Waals surface area contributed by atoms with Gasteiger partial charge in [0.1, 0.15) is 17.9 Å². The number of alkyl halides is 3. The number of nitriles is 1. The van der Waals surface area contributed by atoms with E-state index in [9.17, 15) is 42.4 Å². The van der Waals surface area contributed by atoms with Crippen LogP contribution in [0.25, 0.3) is 0 Å². The maximum absolute atomic E-state index is 13.7. The summed E-state index contributed by atoms with van der Waals surface area (Å²) in [5.74, 6) is -0.713. The molecule has 3 aliphatic rings. The smallest absolute Gasteiger partial charge is 0.417 e. The van der Waals surface area contributed by atoms with Gasteiger partial charge in [0.25, 0.3) is 5.91 Å². The number of ketones is 1. The normalized spacial score (nSPS) is 19.1. The molecule has 3 aromatic rings. The van der Waals surface area contributed by atoms with Crippen molar-refractivity contribution in [3.8, 4) is 11.8 Å². The van der Waals surface area contributed by atoms with Gasteiger partial charge in [0.2, 0.25) is 11.8 Å². The molecule has 1 atom stereocenters. The van der Waals surface area contributed by atoms with Crippen molar-refractivity contribution in [2.24, 2.45) is 5.92 Å². The number of anilines is 2. The summed E-state index contributed by atoms with van der Waals surface area (Å²) in [6.45, 7) is 9.34. The molecule has 1 unspecified atom stereocenters. The molecule has 0 radical (unpaired) electrons. The zero-order valence-corrected chi connectivity index (χ0v) is 32.2. The fourth-order valence-corrected chi connectivity index (χ4v) is 7.65. The van der Waals surface area contributed by atoms with Crippen LogP contribution in [0.2, 0.25) is 0 Å². The molecular formula is C42H45F3N6O6. The van der Waals surface area contributed by atoms with Crippen molar-refractivity contribution in [3.63, 3.8) is 0 Å². The van der Waals surface area contributed by atoms with E-state index in [-0.39, 0.29) is 29.2 Å². The third-order valence-corrected chi connectivity index (χ3v) is 10.8. The van der Waals surface area contributed by atoms with Crippen LogP contribution < -0.4 is 19.9 Å². The number of ether oxygens (including phenoxy) is 1. The number of Topliss-reactive ketones (excluding diaryl/α,β-unsaturated/α-hetero) is 1. The largest absolute Gasteiger partial charge is 0.492 e. The number of piperazine rings is 1. The first-order valence-electron chi connectivity index (χ1n) is 19.0. The van der Waals surface area contributed by atoms with E-state index in [2.05, 4.69) is 15.1 Å². The quantitative estimate of drug-likeness (QED) is 0.181. The van der Waals surface area contributed by atoms with Crippen LogP contribution in [0.15, 0.2) is 60.7 Å². The Balaban J connectivity index is 0.994. The predicted octanol–water partition coefficient (Wildman–Crippen LogP) is 5.29. The number of nitrogens with zero attached hydrogens (tertiary/aromatic N) is 5. The van der Waals surface area contributed by atoms with Crippen molar-refractivity contribution in [2.75, 3.05) is 55.7 Å². The molecule has 3 heterocycles.